The Kier molecular flexibility index (Phi) is 3.69. The first kappa shape index (κ1) is 15.6. The van der Waals surface area contributed by atoms with Gasteiger partial charge in [-0.25, -0.2) is 4.79 Å². The standard InChI is InChI=1S/C17H19N5O3/c1-21-9-10(6-19-21)12-7-18-8-13(12)16(23)20-11-3-4-14-15(5-11)25-17(24)22(14)2/h3-6,9,12-13,18H,7-8H2,1-2H3,(H,20,23)/t12-,13+/m1/s1. The first-order chi connectivity index (χ1) is 12.0. The summed E-state index contributed by atoms with van der Waals surface area (Å²) in [4.78, 5) is 24.3. The number of oxazole rings is 1. The first-order valence-corrected chi connectivity index (χ1v) is 8.12. The van der Waals surface area contributed by atoms with Crippen molar-refractivity contribution in [1.29, 1.82) is 0 Å². The average molecular weight is 341 g/mol. The monoisotopic (exact) mass is 341 g/mol. The fraction of sp³-hybridized carbons (Fsp3) is 0.353. The van der Waals surface area contributed by atoms with E-state index < -0.39 is 5.76 Å². The molecule has 0 aliphatic carbocycles. The van der Waals surface area contributed by atoms with E-state index in [4.69, 9.17) is 4.42 Å². The number of hydrogen-bond donors (Lipinski definition) is 2. The Bertz CT molecular complexity index is 999. The van der Waals surface area contributed by atoms with Gasteiger partial charge in [-0.1, -0.05) is 0 Å². The van der Waals surface area contributed by atoms with Crippen molar-refractivity contribution in [1.82, 2.24) is 19.7 Å². The fourth-order valence-electron chi connectivity index (χ4n) is 3.38. The number of amides is 1. The molecule has 1 aromatic carbocycles. The molecule has 2 atom stereocenters. The van der Waals surface area contributed by atoms with Crippen LogP contribution in [-0.4, -0.2) is 33.3 Å². The number of fused-ring (bicyclic) bond motifs is 1. The van der Waals surface area contributed by atoms with E-state index in [9.17, 15) is 9.59 Å². The highest BCUT2D eigenvalue weighted by molar-refractivity contribution is 5.95. The van der Waals surface area contributed by atoms with Crippen molar-refractivity contribution >= 4 is 22.7 Å². The van der Waals surface area contributed by atoms with Gasteiger partial charge >= 0.3 is 5.76 Å². The highest BCUT2D eigenvalue weighted by Crippen LogP contribution is 2.29. The van der Waals surface area contributed by atoms with Gasteiger partial charge in [0, 0.05) is 51.1 Å². The normalized spacial score (nSPS) is 20.2. The summed E-state index contributed by atoms with van der Waals surface area (Å²) in [5, 5.41) is 10.4. The van der Waals surface area contributed by atoms with E-state index in [1.807, 2.05) is 19.4 Å². The second kappa shape index (κ2) is 5.89. The van der Waals surface area contributed by atoms with E-state index in [1.165, 1.54) is 4.57 Å². The van der Waals surface area contributed by atoms with Crippen LogP contribution in [0.1, 0.15) is 11.5 Å². The third-order valence-corrected chi connectivity index (χ3v) is 4.76. The molecule has 0 bridgehead atoms. The van der Waals surface area contributed by atoms with Gasteiger partial charge in [0.1, 0.15) is 0 Å². The molecule has 0 saturated carbocycles. The van der Waals surface area contributed by atoms with Gasteiger partial charge in [-0.2, -0.15) is 5.10 Å². The minimum atomic E-state index is -0.421. The molecule has 1 aliphatic heterocycles. The van der Waals surface area contributed by atoms with Crippen molar-refractivity contribution in [3.8, 4) is 0 Å². The number of rotatable bonds is 3. The lowest BCUT2D eigenvalue weighted by molar-refractivity contribution is -0.119. The van der Waals surface area contributed by atoms with E-state index in [-0.39, 0.29) is 17.7 Å². The molecule has 0 radical (unpaired) electrons. The molecule has 25 heavy (non-hydrogen) atoms. The van der Waals surface area contributed by atoms with Crippen LogP contribution in [0.2, 0.25) is 0 Å². The number of nitrogens with one attached hydrogen (secondary N) is 2. The van der Waals surface area contributed by atoms with E-state index >= 15 is 0 Å². The third-order valence-electron chi connectivity index (χ3n) is 4.76. The highest BCUT2D eigenvalue weighted by atomic mass is 16.4. The molecule has 1 saturated heterocycles. The van der Waals surface area contributed by atoms with Gasteiger partial charge in [-0.15, -0.1) is 0 Å². The van der Waals surface area contributed by atoms with Crippen LogP contribution in [0.5, 0.6) is 0 Å². The molecule has 8 heteroatoms. The lowest BCUT2D eigenvalue weighted by atomic mass is 9.90. The fourth-order valence-corrected chi connectivity index (χ4v) is 3.38. The molecule has 2 aromatic heterocycles. The van der Waals surface area contributed by atoms with Crippen molar-refractivity contribution in [3.63, 3.8) is 0 Å². The van der Waals surface area contributed by atoms with Crippen LogP contribution < -0.4 is 16.4 Å². The molecular formula is C17H19N5O3. The molecule has 1 amide bonds. The molecule has 130 valence electrons. The minimum Gasteiger partial charge on any atom is -0.408 e. The summed E-state index contributed by atoms with van der Waals surface area (Å²) in [6, 6.07) is 5.22. The zero-order valence-corrected chi connectivity index (χ0v) is 14.0. The Morgan fingerprint density at radius 1 is 1.36 bits per heavy atom. The Labute approximate surface area is 143 Å². The molecule has 1 fully saturated rings. The molecule has 3 aromatic rings. The van der Waals surface area contributed by atoms with Crippen LogP contribution in [0.3, 0.4) is 0 Å². The van der Waals surface area contributed by atoms with E-state index in [2.05, 4.69) is 15.7 Å². The molecule has 2 N–H and O–H groups in total. The highest BCUT2D eigenvalue weighted by Gasteiger charge is 2.34. The second-order valence-corrected chi connectivity index (χ2v) is 6.42. The Balaban J connectivity index is 1.56. The minimum absolute atomic E-state index is 0.0588. The summed E-state index contributed by atoms with van der Waals surface area (Å²) in [5.41, 5.74) is 2.82. The van der Waals surface area contributed by atoms with Gasteiger partial charge in [0.25, 0.3) is 0 Å². The summed E-state index contributed by atoms with van der Waals surface area (Å²) in [6.45, 7) is 1.37. The average Bonchev–Trinajstić information content (AvgIpc) is 3.28. The van der Waals surface area contributed by atoms with Crippen LogP contribution in [-0.2, 0) is 18.9 Å². The molecule has 0 spiro atoms. The Morgan fingerprint density at radius 3 is 2.96 bits per heavy atom. The summed E-state index contributed by atoms with van der Waals surface area (Å²) >= 11 is 0. The predicted molar refractivity (Wildman–Crippen MR) is 92.4 cm³/mol. The molecule has 3 heterocycles. The smallest absolute Gasteiger partial charge is 0.408 e. The van der Waals surface area contributed by atoms with Gasteiger partial charge in [-0.3, -0.25) is 14.0 Å². The van der Waals surface area contributed by atoms with Crippen LogP contribution in [0, 0.1) is 5.92 Å². The molecule has 8 nitrogen and oxygen atoms in total. The number of benzene rings is 1. The zero-order chi connectivity index (χ0) is 17.6. The number of aromatic nitrogens is 3. The van der Waals surface area contributed by atoms with Gasteiger partial charge in [0.2, 0.25) is 5.91 Å². The molecule has 0 unspecified atom stereocenters. The third kappa shape index (κ3) is 2.74. The maximum atomic E-state index is 12.7. The van der Waals surface area contributed by atoms with Gasteiger partial charge in [0.05, 0.1) is 17.6 Å². The molecule has 4 rings (SSSR count). The summed E-state index contributed by atoms with van der Waals surface area (Å²) in [5.74, 6) is -0.568. The van der Waals surface area contributed by atoms with Crippen LogP contribution in [0.15, 0.2) is 39.8 Å². The number of nitrogens with zero attached hydrogens (tertiary/aromatic N) is 3. The first-order valence-electron chi connectivity index (χ1n) is 8.12. The number of anilines is 1. The van der Waals surface area contributed by atoms with E-state index in [0.29, 0.717) is 23.3 Å². The van der Waals surface area contributed by atoms with Crippen LogP contribution >= 0.6 is 0 Å². The summed E-state index contributed by atoms with van der Waals surface area (Å²) < 4.78 is 8.35. The van der Waals surface area contributed by atoms with Gasteiger partial charge < -0.3 is 15.1 Å². The number of carbonyl (C=O) groups is 1. The van der Waals surface area contributed by atoms with Crippen LogP contribution in [0.4, 0.5) is 5.69 Å². The largest absolute Gasteiger partial charge is 0.419 e. The Morgan fingerprint density at radius 2 is 2.20 bits per heavy atom. The van der Waals surface area contributed by atoms with Gasteiger partial charge in [0.15, 0.2) is 5.58 Å². The summed E-state index contributed by atoms with van der Waals surface area (Å²) in [7, 11) is 3.51. The van der Waals surface area contributed by atoms with Gasteiger partial charge in [-0.05, 0) is 17.7 Å². The van der Waals surface area contributed by atoms with E-state index in [0.717, 1.165) is 12.1 Å². The van der Waals surface area contributed by atoms with Crippen LogP contribution in [0.25, 0.3) is 11.1 Å². The van der Waals surface area contributed by atoms with E-state index in [1.54, 1.807) is 29.9 Å². The number of carbonyl (C=O) groups excluding carboxylic acids is 1. The number of aryl methyl sites for hydroxylation is 2. The van der Waals surface area contributed by atoms with Crippen molar-refractivity contribution in [2.24, 2.45) is 20.0 Å². The van der Waals surface area contributed by atoms with Crippen molar-refractivity contribution in [2.75, 3.05) is 18.4 Å². The van der Waals surface area contributed by atoms with Crippen molar-refractivity contribution < 1.29 is 9.21 Å². The molecule has 1 aliphatic rings. The topological polar surface area (TPSA) is 94.1 Å². The SMILES string of the molecule is Cn1cc([C@H]2CNC[C@@H]2C(=O)Nc2ccc3c(c2)oc(=O)n3C)cn1. The predicted octanol–water partition coefficient (Wildman–Crippen LogP) is 0.807. The second-order valence-electron chi connectivity index (χ2n) is 6.42. The van der Waals surface area contributed by atoms with Crippen molar-refractivity contribution in [2.45, 2.75) is 5.92 Å². The zero-order valence-electron chi connectivity index (χ0n) is 14.0. The van der Waals surface area contributed by atoms with Crippen molar-refractivity contribution in [3.05, 3.63) is 46.7 Å². The maximum absolute atomic E-state index is 12.7. The Hall–Kier alpha value is -2.87. The lowest BCUT2D eigenvalue weighted by Gasteiger charge is -2.17. The quantitative estimate of drug-likeness (QED) is 0.735. The summed E-state index contributed by atoms with van der Waals surface area (Å²) in [6.07, 6.45) is 3.76. The lowest BCUT2D eigenvalue weighted by Crippen LogP contribution is -2.28. The maximum Gasteiger partial charge on any atom is 0.419 e. The molecular weight excluding hydrogens is 322 g/mol. The number of hydrogen-bond acceptors (Lipinski definition) is 5.